The first-order valence-corrected chi connectivity index (χ1v) is 7.08. The predicted molar refractivity (Wildman–Crippen MR) is 76.1 cm³/mol. The van der Waals surface area contributed by atoms with Crippen molar-refractivity contribution in [1.29, 1.82) is 0 Å². The largest absolute Gasteiger partial charge is 0.394 e. The number of carbonyl (C=O) groups excluding carboxylic acids is 1. The molecule has 0 aromatic heterocycles. The molecule has 104 valence electrons. The number of hydrogen-bond donors (Lipinski definition) is 1. The molecule has 1 amide bonds. The van der Waals surface area contributed by atoms with Gasteiger partial charge in [0.1, 0.15) is 0 Å². The molecule has 1 aromatic carbocycles. The fourth-order valence-corrected chi connectivity index (χ4v) is 2.77. The van der Waals surface area contributed by atoms with Crippen LogP contribution in [0.2, 0.25) is 0 Å². The Morgan fingerprint density at radius 3 is 2.89 bits per heavy atom. The Hall–Kier alpha value is -1.35. The molecule has 3 heteroatoms. The fourth-order valence-electron chi connectivity index (χ4n) is 2.77. The van der Waals surface area contributed by atoms with Crippen LogP contribution in [0.4, 0.5) is 0 Å². The molecule has 0 bridgehead atoms. The second-order valence-electron chi connectivity index (χ2n) is 5.53. The van der Waals surface area contributed by atoms with Crippen LogP contribution < -0.4 is 0 Å². The highest BCUT2D eigenvalue weighted by atomic mass is 16.3. The zero-order chi connectivity index (χ0) is 13.8. The van der Waals surface area contributed by atoms with E-state index in [1.165, 1.54) is 5.56 Å². The second-order valence-corrected chi connectivity index (χ2v) is 5.53. The quantitative estimate of drug-likeness (QED) is 0.906. The number of benzene rings is 1. The van der Waals surface area contributed by atoms with Crippen LogP contribution in [0.1, 0.15) is 36.0 Å². The van der Waals surface area contributed by atoms with E-state index in [9.17, 15) is 9.90 Å². The lowest BCUT2D eigenvalue weighted by molar-refractivity contribution is -0.135. The molecule has 1 aromatic rings. The van der Waals surface area contributed by atoms with Crippen LogP contribution >= 0.6 is 0 Å². The third-order valence-corrected chi connectivity index (χ3v) is 4.00. The summed E-state index contributed by atoms with van der Waals surface area (Å²) < 4.78 is 0. The summed E-state index contributed by atoms with van der Waals surface area (Å²) in [6.07, 6.45) is 3.53. The van der Waals surface area contributed by atoms with Gasteiger partial charge in [-0.3, -0.25) is 4.79 Å². The highest BCUT2D eigenvalue weighted by Crippen LogP contribution is 2.19. The second kappa shape index (κ2) is 6.20. The summed E-state index contributed by atoms with van der Waals surface area (Å²) in [6, 6.07) is 6.25. The number of amides is 1. The Balaban J connectivity index is 2.09. The van der Waals surface area contributed by atoms with Crippen molar-refractivity contribution < 1.29 is 9.90 Å². The molecule has 1 aliphatic heterocycles. The Labute approximate surface area is 115 Å². The lowest BCUT2D eigenvalue weighted by Crippen LogP contribution is -2.46. The molecule has 0 spiro atoms. The molecule has 1 saturated heterocycles. The molecule has 1 fully saturated rings. The summed E-state index contributed by atoms with van der Waals surface area (Å²) in [6.45, 7) is 4.96. The summed E-state index contributed by atoms with van der Waals surface area (Å²) in [4.78, 5) is 14.3. The van der Waals surface area contributed by atoms with Crippen LogP contribution in [-0.4, -0.2) is 35.1 Å². The van der Waals surface area contributed by atoms with E-state index in [1.807, 2.05) is 18.7 Å². The number of piperidine rings is 1. The Morgan fingerprint density at radius 2 is 2.16 bits per heavy atom. The van der Waals surface area contributed by atoms with Gasteiger partial charge in [-0.25, -0.2) is 0 Å². The fraction of sp³-hybridized carbons (Fsp3) is 0.562. The van der Waals surface area contributed by atoms with Crippen molar-refractivity contribution in [3.63, 3.8) is 0 Å². The molecule has 0 aliphatic carbocycles. The van der Waals surface area contributed by atoms with Crippen molar-refractivity contribution in [2.75, 3.05) is 13.2 Å². The predicted octanol–water partition coefficient (Wildman–Crippen LogP) is 2.22. The van der Waals surface area contributed by atoms with E-state index in [1.54, 1.807) is 0 Å². The number of likely N-dealkylation sites (tertiary alicyclic amines) is 1. The van der Waals surface area contributed by atoms with Gasteiger partial charge in [0.25, 0.3) is 0 Å². The maximum atomic E-state index is 12.4. The standard InChI is InChI=1S/C16H23NO2/c1-12-6-7-13(2)14(9-12)10-16(19)17-8-4-3-5-15(17)11-18/h6-7,9,15,18H,3-5,8,10-11H2,1-2H3. The van der Waals surface area contributed by atoms with E-state index in [0.717, 1.165) is 36.9 Å². The Bertz CT molecular complexity index is 456. The van der Waals surface area contributed by atoms with Crippen molar-refractivity contribution in [3.05, 3.63) is 34.9 Å². The van der Waals surface area contributed by atoms with E-state index in [4.69, 9.17) is 0 Å². The van der Waals surface area contributed by atoms with Crippen molar-refractivity contribution in [1.82, 2.24) is 4.90 Å². The van der Waals surface area contributed by atoms with Crippen LogP contribution in [0.3, 0.4) is 0 Å². The summed E-state index contributed by atoms with van der Waals surface area (Å²) in [7, 11) is 0. The van der Waals surface area contributed by atoms with Gasteiger partial charge in [-0.2, -0.15) is 0 Å². The Morgan fingerprint density at radius 1 is 1.37 bits per heavy atom. The van der Waals surface area contributed by atoms with E-state index in [2.05, 4.69) is 18.2 Å². The number of rotatable bonds is 3. The maximum Gasteiger partial charge on any atom is 0.227 e. The molecule has 1 unspecified atom stereocenters. The summed E-state index contributed by atoms with van der Waals surface area (Å²) in [5.41, 5.74) is 3.45. The van der Waals surface area contributed by atoms with Gasteiger partial charge in [0, 0.05) is 6.54 Å². The number of nitrogens with zero attached hydrogens (tertiary/aromatic N) is 1. The minimum Gasteiger partial charge on any atom is -0.394 e. The summed E-state index contributed by atoms with van der Waals surface area (Å²) >= 11 is 0. The molecule has 1 atom stereocenters. The van der Waals surface area contributed by atoms with E-state index in [-0.39, 0.29) is 18.6 Å². The van der Waals surface area contributed by atoms with E-state index in [0.29, 0.717) is 6.42 Å². The normalized spacial score (nSPS) is 19.5. The number of aliphatic hydroxyl groups excluding tert-OH is 1. The van der Waals surface area contributed by atoms with Crippen LogP contribution in [0.5, 0.6) is 0 Å². The minimum atomic E-state index is 0.0198. The van der Waals surface area contributed by atoms with Crippen LogP contribution in [0.15, 0.2) is 18.2 Å². The van der Waals surface area contributed by atoms with Gasteiger partial charge >= 0.3 is 0 Å². The van der Waals surface area contributed by atoms with Gasteiger partial charge in [-0.15, -0.1) is 0 Å². The van der Waals surface area contributed by atoms with Crippen LogP contribution in [-0.2, 0) is 11.2 Å². The van der Waals surface area contributed by atoms with Crippen molar-refractivity contribution in [2.24, 2.45) is 0 Å². The van der Waals surface area contributed by atoms with Crippen LogP contribution in [0.25, 0.3) is 0 Å². The molecular formula is C16H23NO2. The number of carbonyl (C=O) groups is 1. The number of aliphatic hydroxyl groups is 1. The zero-order valence-electron chi connectivity index (χ0n) is 11.9. The molecule has 0 saturated carbocycles. The summed E-state index contributed by atoms with van der Waals surface area (Å²) in [5, 5.41) is 9.38. The molecule has 2 rings (SSSR count). The monoisotopic (exact) mass is 261 g/mol. The molecular weight excluding hydrogens is 238 g/mol. The smallest absolute Gasteiger partial charge is 0.227 e. The molecule has 19 heavy (non-hydrogen) atoms. The van der Waals surface area contributed by atoms with Crippen LogP contribution in [0, 0.1) is 13.8 Å². The number of hydrogen-bond acceptors (Lipinski definition) is 2. The average molecular weight is 261 g/mol. The summed E-state index contributed by atoms with van der Waals surface area (Å²) in [5.74, 6) is 0.146. The lowest BCUT2D eigenvalue weighted by atomic mass is 9.99. The highest BCUT2D eigenvalue weighted by Gasteiger charge is 2.26. The SMILES string of the molecule is Cc1ccc(C)c(CC(=O)N2CCCCC2CO)c1. The van der Waals surface area contributed by atoms with Gasteiger partial charge in [-0.05, 0) is 44.2 Å². The van der Waals surface area contributed by atoms with Crippen molar-refractivity contribution in [3.8, 4) is 0 Å². The van der Waals surface area contributed by atoms with Gasteiger partial charge in [0.2, 0.25) is 5.91 Å². The molecule has 3 nitrogen and oxygen atoms in total. The zero-order valence-corrected chi connectivity index (χ0v) is 11.9. The molecule has 1 heterocycles. The van der Waals surface area contributed by atoms with Gasteiger partial charge in [0.15, 0.2) is 0 Å². The minimum absolute atomic E-state index is 0.0198. The van der Waals surface area contributed by atoms with Gasteiger partial charge in [-0.1, -0.05) is 23.8 Å². The topological polar surface area (TPSA) is 40.5 Å². The van der Waals surface area contributed by atoms with Gasteiger partial charge in [0.05, 0.1) is 19.1 Å². The number of aryl methyl sites for hydroxylation is 2. The third kappa shape index (κ3) is 3.35. The van der Waals surface area contributed by atoms with Crippen molar-refractivity contribution >= 4 is 5.91 Å². The first kappa shape index (κ1) is 14.1. The first-order chi connectivity index (χ1) is 9.11. The third-order valence-electron chi connectivity index (χ3n) is 4.00. The molecule has 1 N–H and O–H groups in total. The van der Waals surface area contributed by atoms with Gasteiger partial charge < -0.3 is 10.0 Å². The van der Waals surface area contributed by atoms with E-state index >= 15 is 0 Å². The molecule has 0 radical (unpaired) electrons. The maximum absolute atomic E-state index is 12.4. The lowest BCUT2D eigenvalue weighted by Gasteiger charge is -2.34. The van der Waals surface area contributed by atoms with E-state index < -0.39 is 0 Å². The average Bonchev–Trinajstić information content (AvgIpc) is 2.42. The van der Waals surface area contributed by atoms with Crippen molar-refractivity contribution in [2.45, 2.75) is 45.6 Å². The Kier molecular flexibility index (Phi) is 4.59. The molecule has 1 aliphatic rings. The highest BCUT2D eigenvalue weighted by molar-refractivity contribution is 5.79. The first-order valence-electron chi connectivity index (χ1n) is 7.08.